The van der Waals surface area contributed by atoms with Gasteiger partial charge in [-0.3, -0.25) is 0 Å². The van der Waals surface area contributed by atoms with Crippen LogP contribution >= 0.6 is 11.6 Å². The van der Waals surface area contributed by atoms with Crippen molar-refractivity contribution in [3.05, 3.63) is 70.3 Å². The van der Waals surface area contributed by atoms with Gasteiger partial charge >= 0.3 is 6.61 Å². The van der Waals surface area contributed by atoms with Crippen molar-refractivity contribution in [1.82, 2.24) is 19.5 Å². The second-order valence-electron chi connectivity index (χ2n) is 8.67. The highest BCUT2D eigenvalue weighted by molar-refractivity contribution is 6.31. The minimum atomic E-state index is -3.21. The van der Waals surface area contributed by atoms with Crippen LogP contribution in [-0.4, -0.2) is 31.2 Å². The molecule has 35 heavy (non-hydrogen) atoms. The van der Waals surface area contributed by atoms with E-state index < -0.39 is 23.8 Å². The van der Waals surface area contributed by atoms with Crippen molar-refractivity contribution in [2.75, 3.05) is 0 Å². The number of rotatable bonds is 4. The maximum Gasteiger partial charge on any atom is 0.387 e. The van der Waals surface area contributed by atoms with Crippen LogP contribution in [0.3, 0.4) is 0 Å². The monoisotopic (exact) mass is 504 g/mol. The van der Waals surface area contributed by atoms with E-state index in [1.165, 1.54) is 0 Å². The van der Waals surface area contributed by atoms with Gasteiger partial charge in [0, 0.05) is 34.1 Å². The Bertz CT molecular complexity index is 1420. The fraction of sp³-hybridized carbons (Fsp3) is 0.292. The molecule has 0 amide bonds. The first-order valence-corrected chi connectivity index (χ1v) is 11.1. The lowest BCUT2D eigenvalue weighted by molar-refractivity contribution is -0.0531. The minimum absolute atomic E-state index is 0.00164. The van der Waals surface area contributed by atoms with Gasteiger partial charge in [-0.05, 0) is 37.6 Å². The van der Waals surface area contributed by atoms with Gasteiger partial charge in [-0.15, -0.1) is 0 Å². The third-order valence-electron chi connectivity index (χ3n) is 5.76. The molecule has 5 rings (SSSR count). The number of benzene rings is 2. The number of imidazole rings is 1. The zero-order chi connectivity index (χ0) is 24.9. The summed E-state index contributed by atoms with van der Waals surface area (Å²) in [6, 6.07) is 6.46. The zero-order valence-corrected chi connectivity index (χ0v) is 19.5. The Kier molecular flexibility index (Phi) is 5.90. The summed E-state index contributed by atoms with van der Waals surface area (Å²) >= 11 is 6.23. The van der Waals surface area contributed by atoms with Crippen LogP contribution in [0, 0.1) is 5.82 Å². The predicted molar refractivity (Wildman–Crippen MR) is 122 cm³/mol. The Morgan fingerprint density at radius 3 is 2.54 bits per heavy atom. The van der Waals surface area contributed by atoms with Crippen molar-refractivity contribution in [1.29, 1.82) is 0 Å². The fourth-order valence-corrected chi connectivity index (χ4v) is 4.33. The van der Waals surface area contributed by atoms with E-state index in [1.807, 2.05) is 18.2 Å². The third kappa shape index (κ3) is 4.44. The van der Waals surface area contributed by atoms with E-state index in [0.717, 1.165) is 11.6 Å². The first kappa shape index (κ1) is 23.5. The summed E-state index contributed by atoms with van der Waals surface area (Å²) in [5, 5.41) is 10.2. The largest absolute Gasteiger partial charge is 0.431 e. The molecule has 11 heteroatoms. The van der Waals surface area contributed by atoms with Gasteiger partial charge in [-0.2, -0.15) is 8.78 Å². The zero-order valence-electron chi connectivity index (χ0n) is 18.7. The van der Waals surface area contributed by atoms with Gasteiger partial charge in [0.1, 0.15) is 18.0 Å². The molecular formula is C24H20ClF3N4O3. The molecule has 3 heterocycles. The maximum atomic E-state index is 14.6. The number of hydrogen-bond donors (Lipinski definition) is 1. The van der Waals surface area contributed by atoms with Gasteiger partial charge in [-0.25, -0.2) is 19.3 Å². The molecule has 1 N–H and O–H groups in total. The number of alkyl halides is 2. The van der Waals surface area contributed by atoms with Gasteiger partial charge in [0.05, 0.1) is 24.2 Å². The van der Waals surface area contributed by atoms with Gasteiger partial charge < -0.3 is 19.1 Å². The SMILES string of the molecule is CC(C)(O)c1ncc(-c2ccc3nc4n(c3c2)Cc2c(c(Cl)cc(F)c2OC(F)F)COC4)cn1. The summed E-state index contributed by atoms with van der Waals surface area (Å²) in [6.07, 6.45) is 3.21. The number of ether oxygens (including phenoxy) is 2. The molecule has 0 unspecified atom stereocenters. The highest BCUT2D eigenvalue weighted by Crippen LogP contribution is 2.37. The molecule has 1 aliphatic heterocycles. The molecule has 0 saturated heterocycles. The number of aliphatic hydroxyl groups is 1. The van der Waals surface area contributed by atoms with Crippen LogP contribution in [0.5, 0.6) is 5.75 Å². The molecule has 4 aromatic rings. The Hall–Kier alpha value is -3.21. The van der Waals surface area contributed by atoms with Crippen molar-refractivity contribution >= 4 is 22.6 Å². The van der Waals surface area contributed by atoms with Crippen LogP contribution in [0.15, 0.2) is 36.7 Å². The summed E-state index contributed by atoms with van der Waals surface area (Å²) < 4.78 is 52.8. The molecule has 0 atom stereocenters. The lowest BCUT2D eigenvalue weighted by atomic mass is 10.0. The smallest absolute Gasteiger partial charge is 0.387 e. The highest BCUT2D eigenvalue weighted by atomic mass is 35.5. The molecule has 0 aliphatic carbocycles. The highest BCUT2D eigenvalue weighted by Gasteiger charge is 2.26. The Morgan fingerprint density at radius 1 is 1.11 bits per heavy atom. The number of fused-ring (bicyclic) bond motifs is 4. The summed E-state index contributed by atoms with van der Waals surface area (Å²) in [5.41, 5.74) is 2.15. The second-order valence-corrected chi connectivity index (χ2v) is 9.08. The molecule has 0 radical (unpaired) electrons. The first-order valence-electron chi connectivity index (χ1n) is 10.7. The quantitative estimate of drug-likeness (QED) is 0.412. The molecule has 2 aromatic heterocycles. The summed E-state index contributed by atoms with van der Waals surface area (Å²) in [6.45, 7) is 0.123. The molecule has 0 fully saturated rings. The van der Waals surface area contributed by atoms with Crippen molar-refractivity contribution in [3.63, 3.8) is 0 Å². The molecule has 0 saturated carbocycles. The topological polar surface area (TPSA) is 82.3 Å². The van der Waals surface area contributed by atoms with Crippen LogP contribution < -0.4 is 4.74 Å². The standard InChI is InChI=1S/C24H20ClF3N4O3/c1-24(2,33)22-29-7-13(8-30-22)12-3-4-18-19(5-12)32-9-14-15(10-34-11-20(32)31-18)16(25)6-17(26)21(14)35-23(27)28/h3-8,23,33H,9-11H2,1-2H3. The van der Waals surface area contributed by atoms with Crippen molar-refractivity contribution in [2.24, 2.45) is 0 Å². The van der Waals surface area contributed by atoms with Crippen LogP contribution in [0.2, 0.25) is 5.02 Å². The third-order valence-corrected chi connectivity index (χ3v) is 6.09. The van der Waals surface area contributed by atoms with E-state index in [9.17, 15) is 18.3 Å². The maximum absolute atomic E-state index is 14.6. The number of nitrogens with zero attached hydrogens (tertiary/aromatic N) is 4. The van der Waals surface area contributed by atoms with Gasteiger partial charge in [-0.1, -0.05) is 17.7 Å². The van der Waals surface area contributed by atoms with Gasteiger partial charge in [0.25, 0.3) is 0 Å². The molecule has 2 aromatic carbocycles. The fourth-order valence-electron chi connectivity index (χ4n) is 4.06. The summed E-state index contributed by atoms with van der Waals surface area (Å²) in [7, 11) is 0. The molecule has 0 bridgehead atoms. The number of aromatic nitrogens is 4. The Labute approximate surface area is 203 Å². The van der Waals surface area contributed by atoms with Crippen molar-refractivity contribution in [2.45, 2.75) is 45.8 Å². The van der Waals surface area contributed by atoms with E-state index >= 15 is 0 Å². The normalized spacial score (nSPS) is 13.9. The van der Waals surface area contributed by atoms with Crippen LogP contribution in [-0.2, 0) is 30.1 Å². The Balaban J connectivity index is 1.63. The Morgan fingerprint density at radius 2 is 1.86 bits per heavy atom. The lowest BCUT2D eigenvalue weighted by Crippen LogP contribution is -2.19. The van der Waals surface area contributed by atoms with Gasteiger partial charge in [0.2, 0.25) is 0 Å². The van der Waals surface area contributed by atoms with E-state index in [2.05, 4.69) is 19.7 Å². The van der Waals surface area contributed by atoms with Crippen molar-refractivity contribution < 1.29 is 27.8 Å². The first-order chi connectivity index (χ1) is 16.6. The minimum Gasteiger partial charge on any atom is -0.431 e. The molecule has 182 valence electrons. The summed E-state index contributed by atoms with van der Waals surface area (Å²) in [5.74, 6) is -0.717. The molecule has 7 nitrogen and oxygen atoms in total. The predicted octanol–water partition coefficient (Wildman–Crippen LogP) is 5.19. The summed E-state index contributed by atoms with van der Waals surface area (Å²) in [4.78, 5) is 13.1. The average Bonchev–Trinajstić information content (AvgIpc) is 3.11. The van der Waals surface area contributed by atoms with Crippen molar-refractivity contribution in [3.8, 4) is 16.9 Å². The number of halogens is 4. The molecular weight excluding hydrogens is 485 g/mol. The molecule has 0 spiro atoms. The van der Waals surface area contributed by atoms with E-state index in [4.69, 9.17) is 16.3 Å². The van der Waals surface area contributed by atoms with Gasteiger partial charge in [0.15, 0.2) is 17.4 Å². The van der Waals surface area contributed by atoms with E-state index in [1.54, 1.807) is 30.8 Å². The number of hydrogen-bond acceptors (Lipinski definition) is 6. The second kappa shape index (κ2) is 8.78. The van der Waals surface area contributed by atoms with Crippen LogP contribution in [0.25, 0.3) is 22.2 Å². The van der Waals surface area contributed by atoms with Crippen LogP contribution in [0.4, 0.5) is 13.2 Å². The van der Waals surface area contributed by atoms with E-state index in [0.29, 0.717) is 28.0 Å². The van der Waals surface area contributed by atoms with Crippen LogP contribution in [0.1, 0.15) is 36.6 Å². The average molecular weight is 505 g/mol. The molecule has 1 aliphatic rings. The lowest BCUT2D eigenvalue weighted by Gasteiger charge is -2.21. The van der Waals surface area contributed by atoms with E-state index in [-0.39, 0.29) is 36.2 Å².